The molecule has 19 heavy (non-hydrogen) atoms. The number of hydrogen-bond acceptors (Lipinski definition) is 3. The second-order valence-corrected chi connectivity index (χ2v) is 6.18. The zero-order chi connectivity index (χ0) is 13.7. The lowest BCUT2D eigenvalue weighted by Crippen LogP contribution is -2.23. The largest absolute Gasteiger partial charge is 0.309 e. The number of nitrogens with one attached hydrogen (secondary N) is 1. The maximum Gasteiger partial charge on any atom is 0.126 e. The molecule has 2 nitrogen and oxygen atoms in total. The van der Waals surface area contributed by atoms with Crippen molar-refractivity contribution in [2.24, 2.45) is 0 Å². The highest BCUT2D eigenvalue weighted by Crippen LogP contribution is 2.25. The first-order chi connectivity index (χ1) is 9.20. The summed E-state index contributed by atoms with van der Waals surface area (Å²) in [7, 11) is 0. The SMILES string of the molecule is CCCNC(Cc1cc(Br)ccc1F)c1cncs1. The van der Waals surface area contributed by atoms with Gasteiger partial charge in [0.05, 0.1) is 5.51 Å². The molecule has 0 saturated heterocycles. The standard InChI is InChI=1S/C14H16BrFN2S/c1-2-5-18-13(14-8-17-9-19-14)7-10-6-11(15)3-4-12(10)16/h3-4,6,8-9,13,18H,2,5,7H2,1H3. The minimum absolute atomic E-state index is 0.122. The summed E-state index contributed by atoms with van der Waals surface area (Å²) in [6.07, 6.45) is 3.54. The van der Waals surface area contributed by atoms with Crippen LogP contribution in [-0.4, -0.2) is 11.5 Å². The van der Waals surface area contributed by atoms with Gasteiger partial charge >= 0.3 is 0 Å². The van der Waals surface area contributed by atoms with Crippen LogP contribution in [0.4, 0.5) is 4.39 Å². The van der Waals surface area contributed by atoms with E-state index in [2.05, 4.69) is 33.2 Å². The third-order valence-electron chi connectivity index (χ3n) is 2.87. The molecule has 0 aliphatic heterocycles. The molecule has 1 N–H and O–H groups in total. The van der Waals surface area contributed by atoms with Gasteiger partial charge in [-0.2, -0.15) is 0 Å². The van der Waals surface area contributed by atoms with Gasteiger partial charge in [0.2, 0.25) is 0 Å². The second-order valence-electron chi connectivity index (χ2n) is 4.35. The molecule has 0 saturated carbocycles. The predicted molar refractivity (Wildman–Crippen MR) is 81.0 cm³/mol. The molecule has 0 fully saturated rings. The Labute approximate surface area is 125 Å². The lowest BCUT2D eigenvalue weighted by molar-refractivity contribution is 0.518. The van der Waals surface area contributed by atoms with E-state index in [1.807, 2.05) is 17.8 Å². The van der Waals surface area contributed by atoms with Crippen LogP contribution < -0.4 is 5.32 Å². The lowest BCUT2D eigenvalue weighted by Gasteiger charge is -2.17. The van der Waals surface area contributed by atoms with E-state index in [4.69, 9.17) is 0 Å². The van der Waals surface area contributed by atoms with Crippen LogP contribution in [0.3, 0.4) is 0 Å². The molecule has 1 unspecified atom stereocenters. The summed E-state index contributed by atoms with van der Waals surface area (Å²) in [6.45, 7) is 3.04. The summed E-state index contributed by atoms with van der Waals surface area (Å²) in [6, 6.07) is 5.19. The zero-order valence-corrected chi connectivity index (χ0v) is 13.1. The van der Waals surface area contributed by atoms with E-state index in [1.54, 1.807) is 17.4 Å². The second kappa shape index (κ2) is 7.12. The van der Waals surface area contributed by atoms with Crippen molar-refractivity contribution in [2.45, 2.75) is 25.8 Å². The van der Waals surface area contributed by atoms with Gasteiger partial charge in [0, 0.05) is 21.6 Å². The highest BCUT2D eigenvalue weighted by Gasteiger charge is 2.15. The Morgan fingerprint density at radius 1 is 1.47 bits per heavy atom. The summed E-state index contributed by atoms with van der Waals surface area (Å²) in [5, 5.41) is 3.46. The van der Waals surface area contributed by atoms with Crippen molar-refractivity contribution in [1.29, 1.82) is 0 Å². The maximum atomic E-state index is 13.8. The van der Waals surface area contributed by atoms with E-state index in [1.165, 1.54) is 6.07 Å². The normalized spacial score (nSPS) is 12.6. The van der Waals surface area contributed by atoms with E-state index in [9.17, 15) is 4.39 Å². The molecule has 0 spiro atoms. The van der Waals surface area contributed by atoms with Gasteiger partial charge in [0.25, 0.3) is 0 Å². The first-order valence-corrected chi connectivity index (χ1v) is 7.93. The molecule has 1 atom stereocenters. The van der Waals surface area contributed by atoms with Crippen LogP contribution in [-0.2, 0) is 6.42 Å². The van der Waals surface area contributed by atoms with Crippen molar-refractivity contribution in [3.05, 3.63) is 50.6 Å². The van der Waals surface area contributed by atoms with Gasteiger partial charge in [-0.1, -0.05) is 22.9 Å². The molecule has 0 radical (unpaired) electrons. The Bertz CT molecular complexity index is 516. The van der Waals surface area contributed by atoms with Crippen molar-refractivity contribution in [2.75, 3.05) is 6.54 Å². The van der Waals surface area contributed by atoms with E-state index < -0.39 is 0 Å². The first-order valence-electron chi connectivity index (χ1n) is 6.26. The molecule has 102 valence electrons. The number of hydrogen-bond donors (Lipinski definition) is 1. The number of nitrogens with zero attached hydrogens (tertiary/aromatic N) is 1. The molecular formula is C14H16BrFN2S. The fourth-order valence-electron chi connectivity index (χ4n) is 1.91. The van der Waals surface area contributed by atoms with Gasteiger partial charge < -0.3 is 5.32 Å². The molecule has 0 aliphatic carbocycles. The van der Waals surface area contributed by atoms with Crippen molar-refractivity contribution >= 4 is 27.3 Å². The maximum absolute atomic E-state index is 13.8. The Kier molecular flexibility index (Phi) is 5.48. The molecule has 0 amide bonds. The topological polar surface area (TPSA) is 24.9 Å². The van der Waals surface area contributed by atoms with Gasteiger partial charge in [-0.05, 0) is 43.1 Å². The molecule has 5 heteroatoms. The smallest absolute Gasteiger partial charge is 0.126 e. The van der Waals surface area contributed by atoms with Crippen LogP contribution >= 0.6 is 27.3 Å². The first kappa shape index (κ1) is 14.6. The van der Waals surface area contributed by atoms with Gasteiger partial charge in [-0.25, -0.2) is 4.39 Å². The van der Waals surface area contributed by atoms with Crippen molar-refractivity contribution in [3.8, 4) is 0 Å². The monoisotopic (exact) mass is 342 g/mol. The number of benzene rings is 1. The van der Waals surface area contributed by atoms with Crippen molar-refractivity contribution < 1.29 is 4.39 Å². The van der Waals surface area contributed by atoms with Crippen LogP contribution in [0.1, 0.15) is 29.8 Å². The quantitative estimate of drug-likeness (QED) is 0.845. The van der Waals surface area contributed by atoms with Gasteiger partial charge in [-0.3, -0.25) is 4.98 Å². The van der Waals surface area contributed by atoms with E-state index in [0.717, 1.165) is 27.9 Å². The average Bonchev–Trinajstić information content (AvgIpc) is 2.92. The Balaban J connectivity index is 2.17. The highest BCUT2D eigenvalue weighted by atomic mass is 79.9. The van der Waals surface area contributed by atoms with E-state index in [-0.39, 0.29) is 11.9 Å². The molecule has 1 heterocycles. The number of aromatic nitrogens is 1. The van der Waals surface area contributed by atoms with Crippen LogP contribution in [0.5, 0.6) is 0 Å². The van der Waals surface area contributed by atoms with Crippen LogP contribution in [0.15, 0.2) is 34.4 Å². The number of rotatable bonds is 6. The molecule has 0 bridgehead atoms. The van der Waals surface area contributed by atoms with Crippen LogP contribution in [0.2, 0.25) is 0 Å². The summed E-state index contributed by atoms with van der Waals surface area (Å²) < 4.78 is 14.7. The summed E-state index contributed by atoms with van der Waals surface area (Å²) >= 11 is 4.99. The van der Waals surface area contributed by atoms with Crippen LogP contribution in [0.25, 0.3) is 0 Å². The fraction of sp³-hybridized carbons (Fsp3) is 0.357. The predicted octanol–water partition coefficient (Wildman–Crippen LogP) is 4.33. The molecule has 1 aromatic carbocycles. The average molecular weight is 343 g/mol. The highest BCUT2D eigenvalue weighted by molar-refractivity contribution is 9.10. The van der Waals surface area contributed by atoms with Gasteiger partial charge in [0.1, 0.15) is 5.82 Å². The Morgan fingerprint density at radius 3 is 3.00 bits per heavy atom. The van der Waals surface area contributed by atoms with Crippen molar-refractivity contribution in [1.82, 2.24) is 10.3 Å². The Morgan fingerprint density at radius 2 is 2.32 bits per heavy atom. The fourth-order valence-corrected chi connectivity index (χ4v) is 3.01. The summed E-state index contributed by atoms with van der Waals surface area (Å²) in [5.41, 5.74) is 2.53. The molecular weight excluding hydrogens is 327 g/mol. The lowest BCUT2D eigenvalue weighted by atomic mass is 10.0. The minimum atomic E-state index is -0.156. The number of thiazole rings is 1. The third kappa shape index (κ3) is 4.09. The van der Waals surface area contributed by atoms with E-state index in [0.29, 0.717) is 6.42 Å². The third-order valence-corrected chi connectivity index (χ3v) is 4.25. The molecule has 1 aromatic heterocycles. The van der Waals surface area contributed by atoms with E-state index >= 15 is 0 Å². The minimum Gasteiger partial charge on any atom is -0.309 e. The molecule has 2 aromatic rings. The summed E-state index contributed by atoms with van der Waals surface area (Å²) in [5.74, 6) is -0.156. The number of halogens is 2. The van der Waals surface area contributed by atoms with Crippen molar-refractivity contribution in [3.63, 3.8) is 0 Å². The van der Waals surface area contributed by atoms with Gasteiger partial charge in [0.15, 0.2) is 0 Å². The summed E-state index contributed by atoms with van der Waals surface area (Å²) in [4.78, 5) is 5.25. The molecule has 0 aliphatic rings. The van der Waals surface area contributed by atoms with Gasteiger partial charge in [-0.15, -0.1) is 11.3 Å². The van der Waals surface area contributed by atoms with Crippen LogP contribution in [0, 0.1) is 5.82 Å². The Hall–Kier alpha value is -0.780. The zero-order valence-electron chi connectivity index (χ0n) is 10.7. The molecule has 2 rings (SSSR count).